The summed E-state index contributed by atoms with van der Waals surface area (Å²) in [6.07, 6.45) is 15.7. The van der Waals surface area contributed by atoms with E-state index in [4.69, 9.17) is 4.74 Å². The molecule has 8 aromatic carbocycles. The lowest BCUT2D eigenvalue weighted by Crippen LogP contribution is -2.30. The van der Waals surface area contributed by atoms with Gasteiger partial charge in [-0.2, -0.15) is 0 Å². The third-order valence-corrected chi connectivity index (χ3v) is 15.2. The molecule has 2 heterocycles. The Hall–Kier alpha value is -6.26. The van der Waals surface area contributed by atoms with E-state index in [0.717, 1.165) is 25.4 Å². The summed E-state index contributed by atoms with van der Waals surface area (Å²) in [7, 11) is 1.69. The number of hydrogen-bond acceptors (Lipinski definition) is 3. The minimum Gasteiger partial charge on any atom is -0.497 e. The number of methoxy groups -OCH3 is 1. The van der Waals surface area contributed by atoms with Gasteiger partial charge >= 0.3 is 0 Å². The zero-order valence-corrected chi connectivity index (χ0v) is 45.2. The van der Waals surface area contributed by atoms with Gasteiger partial charge in [-0.25, -0.2) is 0 Å². The Bertz CT molecular complexity index is 2970. The van der Waals surface area contributed by atoms with Crippen LogP contribution in [0, 0.1) is 34.6 Å². The number of hydrogen-bond donors (Lipinski definition) is 0. The molecule has 0 unspecified atom stereocenters. The van der Waals surface area contributed by atoms with Gasteiger partial charge in [-0.05, 0) is 184 Å². The molecule has 0 aromatic heterocycles. The number of fused-ring (bicyclic) bond motifs is 5. The highest BCUT2D eigenvalue weighted by molar-refractivity contribution is 5.84. The van der Waals surface area contributed by atoms with Crippen LogP contribution in [0.25, 0.3) is 10.8 Å². The topological polar surface area (TPSA) is 15.7 Å². The second-order valence-corrected chi connectivity index (χ2v) is 21.3. The highest BCUT2D eigenvalue weighted by Gasteiger charge is 2.17. The summed E-state index contributed by atoms with van der Waals surface area (Å²) in [6.45, 7) is 17.6. The zero-order valence-electron chi connectivity index (χ0n) is 45.2. The van der Waals surface area contributed by atoms with Gasteiger partial charge in [0.25, 0.3) is 0 Å². The third kappa shape index (κ3) is 20.2. The summed E-state index contributed by atoms with van der Waals surface area (Å²) in [5, 5.41) is 2.49. The Labute approximate surface area is 477 Å². The fraction of sp³-hybridized carbons (Fsp3) is 0.387. The van der Waals surface area contributed by atoms with Gasteiger partial charge in [0.15, 0.2) is 0 Å². The number of aryl methyl sites for hydroxylation is 9. The molecule has 0 atom stereocenters. The first kappa shape index (κ1) is 66.0. The largest absolute Gasteiger partial charge is 0.497 e. The zero-order chi connectivity index (χ0) is 50.8. The predicted molar refractivity (Wildman–Crippen MR) is 345 cm³/mol. The fourth-order valence-corrected chi connectivity index (χ4v) is 11.0. The van der Waals surface area contributed by atoms with Crippen LogP contribution in [0.3, 0.4) is 0 Å². The van der Waals surface area contributed by atoms with E-state index in [2.05, 4.69) is 208 Å². The molecule has 0 amide bonds. The Morgan fingerprint density at radius 1 is 0.321 bits per heavy atom. The molecule has 78 heavy (non-hydrogen) atoms. The molecule has 0 N–H and O–H groups in total. The molecule has 0 saturated heterocycles. The summed E-state index contributed by atoms with van der Waals surface area (Å²) < 4.78 is 5.16. The molecule has 3 nitrogen and oxygen atoms in total. The Kier molecular flexibility index (Phi) is 28.7. The smallest absolute Gasteiger partial charge is 0.119 e. The Morgan fingerprint density at radius 2 is 0.679 bits per heavy atom. The molecule has 0 spiro atoms. The van der Waals surface area contributed by atoms with Crippen molar-refractivity contribution >= 4 is 10.8 Å². The maximum Gasteiger partial charge on any atom is 0.119 e. The van der Waals surface area contributed by atoms with Crippen LogP contribution in [0.5, 0.6) is 5.75 Å². The molecule has 2 aliphatic carbocycles. The normalized spacial score (nSPS) is 14.0. The van der Waals surface area contributed by atoms with E-state index in [0.29, 0.717) is 0 Å². The van der Waals surface area contributed by atoms with Crippen molar-refractivity contribution in [1.29, 1.82) is 0 Å². The fourth-order valence-electron chi connectivity index (χ4n) is 11.0. The molecular formula is C75H102N2O. The summed E-state index contributed by atoms with van der Waals surface area (Å²) in [5.41, 5.74) is 22.2. The summed E-state index contributed by atoms with van der Waals surface area (Å²) in [5.74, 6) is 0.915. The highest BCUT2D eigenvalue weighted by Crippen LogP contribution is 2.25. The van der Waals surface area contributed by atoms with Gasteiger partial charge < -0.3 is 4.74 Å². The molecule has 4 aliphatic rings. The number of rotatable bonds is 5. The molecule has 3 heteroatoms. The van der Waals surface area contributed by atoms with Crippen molar-refractivity contribution in [3.63, 3.8) is 0 Å². The van der Waals surface area contributed by atoms with Crippen LogP contribution in [-0.4, -0.2) is 36.5 Å². The van der Waals surface area contributed by atoms with Crippen LogP contribution in [0.1, 0.15) is 153 Å². The van der Waals surface area contributed by atoms with Gasteiger partial charge in [0.2, 0.25) is 0 Å². The average Bonchev–Trinajstić information content (AvgIpc) is 3.77. The van der Waals surface area contributed by atoms with Crippen LogP contribution in [0.2, 0.25) is 0 Å². The van der Waals surface area contributed by atoms with E-state index >= 15 is 0 Å². The molecule has 0 radical (unpaired) electrons. The highest BCUT2D eigenvalue weighted by atomic mass is 16.5. The van der Waals surface area contributed by atoms with E-state index in [1.165, 1.54) is 158 Å². The van der Waals surface area contributed by atoms with Gasteiger partial charge in [0.05, 0.1) is 7.11 Å². The van der Waals surface area contributed by atoms with Gasteiger partial charge in [-0.3, -0.25) is 9.80 Å². The number of benzene rings is 8. The third-order valence-electron chi connectivity index (χ3n) is 15.2. The second-order valence-electron chi connectivity index (χ2n) is 21.3. The van der Waals surface area contributed by atoms with Crippen molar-refractivity contribution in [1.82, 2.24) is 9.80 Å². The molecule has 8 aromatic rings. The van der Waals surface area contributed by atoms with Crippen LogP contribution in [0.15, 0.2) is 170 Å². The second kappa shape index (κ2) is 33.9. The van der Waals surface area contributed by atoms with Crippen molar-refractivity contribution in [3.05, 3.63) is 253 Å². The van der Waals surface area contributed by atoms with Gasteiger partial charge in [-0.15, -0.1) is 0 Å². The van der Waals surface area contributed by atoms with E-state index in [9.17, 15) is 0 Å². The van der Waals surface area contributed by atoms with E-state index in [1.807, 2.05) is 6.07 Å². The van der Waals surface area contributed by atoms with Crippen LogP contribution in [0.4, 0.5) is 0 Å². The lowest BCUT2D eigenvalue weighted by atomic mass is 9.91. The average molecular weight is 1050 g/mol. The maximum atomic E-state index is 5.16. The predicted octanol–water partition coefficient (Wildman–Crippen LogP) is 19.6. The monoisotopic (exact) mass is 1050 g/mol. The number of ether oxygens (including phenoxy) is 1. The van der Waals surface area contributed by atoms with Crippen molar-refractivity contribution < 1.29 is 4.74 Å². The van der Waals surface area contributed by atoms with E-state index in [1.54, 1.807) is 40.5 Å². The lowest BCUT2D eigenvalue weighted by Gasteiger charge is -2.29. The maximum absolute atomic E-state index is 5.16. The Balaban J connectivity index is 0.000000256. The summed E-state index contributed by atoms with van der Waals surface area (Å²) >= 11 is 0. The lowest BCUT2D eigenvalue weighted by molar-refractivity contribution is 0.245. The minimum absolute atomic E-state index is 0. The summed E-state index contributed by atoms with van der Waals surface area (Å²) in [6, 6.07) is 61.6. The van der Waals surface area contributed by atoms with Crippen LogP contribution >= 0.6 is 0 Å². The first-order valence-electron chi connectivity index (χ1n) is 27.5. The number of nitrogens with zero attached hydrogens (tertiary/aromatic N) is 2. The van der Waals surface area contributed by atoms with Crippen molar-refractivity contribution in [2.45, 2.75) is 168 Å². The first-order valence-corrected chi connectivity index (χ1v) is 27.5. The van der Waals surface area contributed by atoms with Crippen LogP contribution in [-0.2, 0) is 64.6 Å². The van der Waals surface area contributed by atoms with E-state index in [-0.39, 0.29) is 37.1 Å². The standard InChI is InChI=1S/C18H21N.C17H19N.C12H12O.C12H16.C11H14.5CH4/c1-15-7-8-17-9-11-19(12-10-18(17)13-15)14-16-5-3-2-4-6-16;1-14-7-8-16-9-10-18(13-17(16)11-14)12-15-5-3-2-4-6-15;1-9-3-4-10-5-6-12(13-2)8-11(10)7-9;1-10-7-8-11-5-3-2-4-6-12(11)9-10;1-9-6-7-10-4-2-3-5-11(10)8-9;;;;;/h2-8,13H,9-12,14H2,1H3;2-8,11H,9-10,12-13H2,1H3;3-8H,1-2H3;7-9H,2-6H2,1H3;6-8H,2-5H2,1H3;5*1H4. The molecule has 0 saturated carbocycles. The van der Waals surface area contributed by atoms with Gasteiger partial charge in [0, 0.05) is 39.3 Å². The van der Waals surface area contributed by atoms with Crippen LogP contribution < -0.4 is 4.74 Å². The van der Waals surface area contributed by atoms with Crippen molar-refractivity contribution in [2.24, 2.45) is 0 Å². The first-order chi connectivity index (χ1) is 35.6. The van der Waals surface area contributed by atoms with Gasteiger partial charge in [-0.1, -0.05) is 229 Å². The van der Waals surface area contributed by atoms with Gasteiger partial charge in [0.1, 0.15) is 5.75 Å². The summed E-state index contributed by atoms with van der Waals surface area (Å²) in [4.78, 5) is 5.11. The SMILES string of the molecule is C.C.C.C.C.COc1ccc2ccc(C)cc2c1.Cc1ccc2c(c1)CCCC2.Cc1ccc2c(c1)CCCCC2.Cc1ccc2c(c1)CCN(Cc1ccccc1)CC2.Cc1ccc2c(c1)CN(Cc1ccccc1)CC2. The Morgan fingerprint density at radius 3 is 1.18 bits per heavy atom. The van der Waals surface area contributed by atoms with Crippen molar-refractivity contribution in [2.75, 3.05) is 26.7 Å². The minimum atomic E-state index is 0. The molecule has 0 fully saturated rings. The molecule has 418 valence electrons. The molecule has 2 aliphatic heterocycles. The molecular weight excluding hydrogens is 945 g/mol. The molecule has 0 bridgehead atoms. The quantitative estimate of drug-likeness (QED) is 0.160. The van der Waals surface area contributed by atoms with E-state index < -0.39 is 0 Å². The molecule has 12 rings (SSSR count). The van der Waals surface area contributed by atoms with Crippen molar-refractivity contribution in [3.8, 4) is 5.75 Å².